The number of benzene rings is 1. The summed E-state index contributed by atoms with van der Waals surface area (Å²) < 4.78 is 7.30. The molecule has 0 saturated heterocycles. The van der Waals surface area contributed by atoms with Gasteiger partial charge in [-0.1, -0.05) is 35.0 Å². The molecule has 1 heterocycles. The second-order valence-corrected chi connectivity index (χ2v) is 6.78. The van der Waals surface area contributed by atoms with Gasteiger partial charge in [0.2, 0.25) is 5.16 Å². The van der Waals surface area contributed by atoms with E-state index in [0.29, 0.717) is 16.7 Å². The lowest BCUT2D eigenvalue weighted by atomic mass is 10.2. The molecular weight excluding hydrogens is 357 g/mol. The average Bonchev–Trinajstić information content (AvgIpc) is 2.91. The summed E-state index contributed by atoms with van der Waals surface area (Å²) in [6.45, 7) is 4.30. The Morgan fingerprint density at radius 1 is 1.35 bits per heavy atom. The van der Waals surface area contributed by atoms with E-state index in [0.717, 1.165) is 41.7 Å². The van der Waals surface area contributed by atoms with Crippen LogP contribution in [0.15, 0.2) is 17.3 Å². The van der Waals surface area contributed by atoms with Crippen molar-refractivity contribution in [3.63, 3.8) is 0 Å². The summed E-state index contributed by atoms with van der Waals surface area (Å²) in [4.78, 5) is 0. The molecule has 0 atom stereocenters. The van der Waals surface area contributed by atoms with E-state index in [9.17, 15) is 0 Å². The molecule has 2 N–H and O–H groups in total. The van der Waals surface area contributed by atoms with Gasteiger partial charge in [0, 0.05) is 24.2 Å². The molecule has 23 heavy (non-hydrogen) atoms. The number of aryl methyl sites for hydroxylation is 1. The van der Waals surface area contributed by atoms with E-state index >= 15 is 0 Å². The molecule has 2 aromatic rings. The number of ether oxygens (including phenoxy) is 1. The summed E-state index contributed by atoms with van der Waals surface area (Å²) >= 11 is 13.9. The predicted molar refractivity (Wildman–Crippen MR) is 92.3 cm³/mol. The summed E-state index contributed by atoms with van der Waals surface area (Å²) in [6, 6.07) is 3.62. The molecule has 0 fully saturated rings. The Bertz CT molecular complexity index is 638. The van der Waals surface area contributed by atoms with Gasteiger partial charge in [-0.15, -0.1) is 5.10 Å². The fraction of sp³-hybridized carbons (Fsp3) is 0.500. The standard InChI is InChI=1S/C14H19Cl2N5OS/c1-3-22-13-10(7-11(15)8-12(13)16)9-17-5-4-6-23-14-18-19-20-21(14)2/h7-8,17H,3-6,9H2,1-2H3/p+1. The molecule has 1 aromatic heterocycles. The fourth-order valence-corrected chi connectivity index (χ4v) is 3.46. The van der Waals surface area contributed by atoms with Crippen LogP contribution in [0.4, 0.5) is 0 Å². The number of nitrogens with zero attached hydrogens (tertiary/aromatic N) is 4. The van der Waals surface area contributed by atoms with Crippen LogP contribution in [-0.2, 0) is 13.6 Å². The van der Waals surface area contributed by atoms with Crippen molar-refractivity contribution in [3.05, 3.63) is 27.7 Å². The van der Waals surface area contributed by atoms with Crippen molar-refractivity contribution in [2.45, 2.75) is 25.0 Å². The molecule has 126 valence electrons. The lowest BCUT2D eigenvalue weighted by Gasteiger charge is -2.12. The Kier molecular flexibility index (Phi) is 7.42. The largest absolute Gasteiger partial charge is 0.492 e. The van der Waals surface area contributed by atoms with E-state index in [2.05, 4.69) is 20.8 Å². The smallest absolute Gasteiger partial charge is 0.209 e. The number of nitrogens with two attached hydrogens (primary N) is 1. The van der Waals surface area contributed by atoms with Crippen molar-refractivity contribution in [2.75, 3.05) is 18.9 Å². The van der Waals surface area contributed by atoms with Crippen LogP contribution in [0, 0.1) is 0 Å². The highest BCUT2D eigenvalue weighted by Crippen LogP contribution is 2.32. The number of thioether (sulfide) groups is 1. The zero-order valence-corrected chi connectivity index (χ0v) is 15.5. The number of quaternary nitrogens is 1. The van der Waals surface area contributed by atoms with E-state index in [1.165, 1.54) is 0 Å². The quantitative estimate of drug-likeness (QED) is 0.536. The molecule has 0 aliphatic carbocycles. The van der Waals surface area contributed by atoms with Gasteiger partial charge in [-0.2, -0.15) is 0 Å². The van der Waals surface area contributed by atoms with Gasteiger partial charge in [0.25, 0.3) is 0 Å². The molecular formula is C14H20Cl2N5OS+. The predicted octanol–water partition coefficient (Wildman–Crippen LogP) is 2.16. The minimum Gasteiger partial charge on any atom is -0.492 e. The third-order valence-corrected chi connectivity index (χ3v) is 4.70. The Balaban J connectivity index is 1.76. The lowest BCUT2D eigenvalue weighted by molar-refractivity contribution is -0.670. The molecule has 0 radical (unpaired) electrons. The molecule has 0 bridgehead atoms. The van der Waals surface area contributed by atoms with Gasteiger partial charge in [-0.05, 0) is 29.5 Å². The van der Waals surface area contributed by atoms with E-state index in [1.54, 1.807) is 22.5 Å². The van der Waals surface area contributed by atoms with Gasteiger partial charge in [0.1, 0.15) is 12.3 Å². The highest BCUT2D eigenvalue weighted by molar-refractivity contribution is 7.99. The summed E-state index contributed by atoms with van der Waals surface area (Å²) in [6.07, 6.45) is 1.05. The number of hydrogen-bond donors (Lipinski definition) is 1. The van der Waals surface area contributed by atoms with Gasteiger partial charge < -0.3 is 10.1 Å². The van der Waals surface area contributed by atoms with Crippen LogP contribution in [-0.4, -0.2) is 39.1 Å². The maximum absolute atomic E-state index is 6.20. The Labute approximate surface area is 149 Å². The number of rotatable bonds is 9. The lowest BCUT2D eigenvalue weighted by Crippen LogP contribution is -2.82. The van der Waals surface area contributed by atoms with Crippen LogP contribution in [0.2, 0.25) is 10.0 Å². The van der Waals surface area contributed by atoms with Crippen molar-refractivity contribution < 1.29 is 10.1 Å². The number of aromatic nitrogens is 4. The third kappa shape index (κ3) is 5.53. The monoisotopic (exact) mass is 376 g/mol. The van der Waals surface area contributed by atoms with Crippen molar-refractivity contribution >= 4 is 35.0 Å². The van der Waals surface area contributed by atoms with Crippen LogP contribution in [0.1, 0.15) is 18.9 Å². The van der Waals surface area contributed by atoms with Crippen molar-refractivity contribution in [1.82, 2.24) is 20.2 Å². The summed E-state index contributed by atoms with van der Waals surface area (Å²) in [7, 11) is 1.84. The van der Waals surface area contributed by atoms with Gasteiger partial charge in [0.15, 0.2) is 0 Å². The van der Waals surface area contributed by atoms with Crippen LogP contribution in [0.5, 0.6) is 5.75 Å². The van der Waals surface area contributed by atoms with E-state index < -0.39 is 0 Å². The topological polar surface area (TPSA) is 69.4 Å². The van der Waals surface area contributed by atoms with Gasteiger partial charge in [-0.25, -0.2) is 4.68 Å². The minimum atomic E-state index is 0.563. The van der Waals surface area contributed by atoms with Gasteiger partial charge in [-0.3, -0.25) is 0 Å². The maximum atomic E-state index is 6.20. The first-order chi connectivity index (χ1) is 11.1. The van der Waals surface area contributed by atoms with Crippen LogP contribution >= 0.6 is 35.0 Å². The zero-order chi connectivity index (χ0) is 16.7. The van der Waals surface area contributed by atoms with Crippen LogP contribution in [0.3, 0.4) is 0 Å². The van der Waals surface area contributed by atoms with Crippen LogP contribution < -0.4 is 10.1 Å². The molecule has 6 nitrogen and oxygen atoms in total. The molecule has 0 amide bonds. The Hall–Kier alpha value is -1.02. The molecule has 0 spiro atoms. The van der Waals surface area contributed by atoms with Crippen molar-refractivity contribution in [3.8, 4) is 5.75 Å². The maximum Gasteiger partial charge on any atom is 0.209 e. The second kappa shape index (κ2) is 9.32. The Morgan fingerprint density at radius 2 is 2.17 bits per heavy atom. The zero-order valence-electron chi connectivity index (χ0n) is 13.1. The number of hydrogen-bond acceptors (Lipinski definition) is 5. The molecule has 1 aromatic carbocycles. The third-order valence-electron chi connectivity index (χ3n) is 3.10. The fourth-order valence-electron chi connectivity index (χ4n) is 2.06. The first-order valence-corrected chi connectivity index (χ1v) is 9.13. The normalized spacial score (nSPS) is 11.0. The minimum absolute atomic E-state index is 0.563. The van der Waals surface area contributed by atoms with E-state index in [-0.39, 0.29) is 0 Å². The summed E-state index contributed by atoms with van der Waals surface area (Å²) in [5.74, 6) is 1.70. The second-order valence-electron chi connectivity index (χ2n) is 4.88. The summed E-state index contributed by atoms with van der Waals surface area (Å²) in [5.41, 5.74) is 1.02. The average molecular weight is 377 g/mol. The van der Waals surface area contributed by atoms with Crippen molar-refractivity contribution in [1.29, 1.82) is 0 Å². The van der Waals surface area contributed by atoms with E-state index in [4.69, 9.17) is 27.9 Å². The number of tetrazole rings is 1. The summed E-state index contributed by atoms with van der Waals surface area (Å²) in [5, 5.41) is 15.6. The van der Waals surface area contributed by atoms with E-state index in [1.807, 2.05) is 20.0 Å². The molecule has 0 saturated carbocycles. The molecule has 0 aliphatic rings. The highest BCUT2D eigenvalue weighted by atomic mass is 35.5. The molecule has 2 rings (SSSR count). The number of halogens is 2. The molecule has 9 heteroatoms. The van der Waals surface area contributed by atoms with Gasteiger partial charge in [0.05, 0.1) is 23.7 Å². The van der Waals surface area contributed by atoms with Gasteiger partial charge >= 0.3 is 0 Å². The SMILES string of the molecule is CCOc1c(Cl)cc(Cl)cc1C[NH2+]CCCSc1nnnn1C. The first-order valence-electron chi connectivity index (χ1n) is 7.39. The van der Waals surface area contributed by atoms with Crippen LogP contribution in [0.25, 0.3) is 0 Å². The first kappa shape index (κ1) is 18.3. The molecule has 0 unspecified atom stereocenters. The highest BCUT2D eigenvalue weighted by Gasteiger charge is 2.12. The Morgan fingerprint density at radius 3 is 2.87 bits per heavy atom. The molecule has 0 aliphatic heterocycles. The van der Waals surface area contributed by atoms with Crippen molar-refractivity contribution in [2.24, 2.45) is 7.05 Å².